The molecule has 0 heterocycles. The van der Waals surface area contributed by atoms with Gasteiger partial charge in [0.1, 0.15) is 11.6 Å². The van der Waals surface area contributed by atoms with E-state index in [1.54, 1.807) is 6.07 Å². The van der Waals surface area contributed by atoms with Crippen LogP contribution in [-0.2, 0) is 6.42 Å². The number of hydrogen-bond donors (Lipinski definition) is 0. The Morgan fingerprint density at radius 1 is 0.676 bits per heavy atom. The molecule has 2 aromatic rings. The Labute approximate surface area is 227 Å². The van der Waals surface area contributed by atoms with Crippen LogP contribution in [0.2, 0.25) is 0 Å². The van der Waals surface area contributed by atoms with Gasteiger partial charge in [0.2, 0.25) is 0 Å². The van der Waals surface area contributed by atoms with E-state index < -0.39 is 0 Å². The van der Waals surface area contributed by atoms with Crippen molar-refractivity contribution in [2.45, 2.75) is 129 Å². The average molecular weight is 509 g/mol. The number of hydrogen-bond acceptors (Lipinski definition) is 1. The monoisotopic (exact) mass is 508 g/mol. The molecule has 37 heavy (non-hydrogen) atoms. The summed E-state index contributed by atoms with van der Waals surface area (Å²) in [7, 11) is 0. The molecule has 2 aromatic carbocycles. The SMILES string of the molecule is CCCCCCCCC[C@H]1CC[C@H](COc2ccc(-c3ccc(CCCCCCC)cc3)c(F)c2)CC1. The molecule has 1 aliphatic carbocycles. The molecule has 0 saturated heterocycles. The first-order valence-corrected chi connectivity index (χ1v) is 15.7. The number of ether oxygens (including phenoxy) is 1. The van der Waals surface area contributed by atoms with Crippen molar-refractivity contribution in [2.75, 3.05) is 6.61 Å². The molecule has 0 aromatic heterocycles. The van der Waals surface area contributed by atoms with Gasteiger partial charge in [0.15, 0.2) is 0 Å². The molecule has 1 aliphatic rings. The summed E-state index contributed by atoms with van der Waals surface area (Å²) in [6.45, 7) is 5.25. The molecule has 0 N–H and O–H groups in total. The first-order valence-electron chi connectivity index (χ1n) is 15.7. The zero-order valence-corrected chi connectivity index (χ0v) is 23.9. The molecule has 0 aliphatic heterocycles. The largest absolute Gasteiger partial charge is 0.493 e. The molecule has 0 amide bonds. The van der Waals surface area contributed by atoms with Crippen molar-refractivity contribution < 1.29 is 9.13 Å². The van der Waals surface area contributed by atoms with Gasteiger partial charge in [-0.25, -0.2) is 4.39 Å². The van der Waals surface area contributed by atoms with Gasteiger partial charge in [0.25, 0.3) is 0 Å². The van der Waals surface area contributed by atoms with Crippen LogP contribution >= 0.6 is 0 Å². The van der Waals surface area contributed by atoms with Gasteiger partial charge in [-0.15, -0.1) is 0 Å². The molecule has 0 radical (unpaired) electrons. The molecule has 0 bridgehead atoms. The zero-order valence-electron chi connectivity index (χ0n) is 23.9. The lowest BCUT2D eigenvalue weighted by molar-refractivity contribution is 0.177. The van der Waals surface area contributed by atoms with E-state index in [-0.39, 0.29) is 5.82 Å². The highest BCUT2D eigenvalue weighted by Gasteiger charge is 2.21. The van der Waals surface area contributed by atoms with Crippen LogP contribution in [0.25, 0.3) is 11.1 Å². The summed E-state index contributed by atoms with van der Waals surface area (Å²) < 4.78 is 21.0. The lowest BCUT2D eigenvalue weighted by Gasteiger charge is -2.28. The van der Waals surface area contributed by atoms with Gasteiger partial charge in [0, 0.05) is 11.6 Å². The number of benzene rings is 2. The van der Waals surface area contributed by atoms with Crippen molar-refractivity contribution in [1.82, 2.24) is 0 Å². The van der Waals surface area contributed by atoms with Gasteiger partial charge < -0.3 is 4.74 Å². The van der Waals surface area contributed by atoms with Crippen LogP contribution in [0.4, 0.5) is 4.39 Å². The summed E-state index contributed by atoms with van der Waals surface area (Å²) in [5.41, 5.74) is 2.95. The Balaban J connectivity index is 1.34. The Hall–Kier alpha value is -1.83. The Morgan fingerprint density at radius 3 is 1.92 bits per heavy atom. The molecule has 206 valence electrons. The fourth-order valence-corrected chi connectivity index (χ4v) is 5.89. The molecule has 1 nitrogen and oxygen atoms in total. The lowest BCUT2D eigenvalue weighted by Crippen LogP contribution is -2.20. The molecule has 2 heteroatoms. The topological polar surface area (TPSA) is 9.23 Å². The van der Waals surface area contributed by atoms with E-state index >= 15 is 0 Å². The summed E-state index contributed by atoms with van der Waals surface area (Å²) in [5, 5.41) is 0. The van der Waals surface area contributed by atoms with Crippen LogP contribution < -0.4 is 4.74 Å². The predicted octanol–water partition coefficient (Wildman–Crippen LogP) is 11.3. The molecule has 1 saturated carbocycles. The zero-order chi connectivity index (χ0) is 26.1. The highest BCUT2D eigenvalue weighted by Crippen LogP contribution is 2.33. The quantitative estimate of drug-likeness (QED) is 0.182. The molecule has 0 unspecified atom stereocenters. The maximum absolute atomic E-state index is 14.9. The van der Waals surface area contributed by atoms with Crippen LogP contribution in [0.5, 0.6) is 5.75 Å². The van der Waals surface area contributed by atoms with Crippen molar-refractivity contribution in [3.05, 3.63) is 53.8 Å². The van der Waals surface area contributed by atoms with Gasteiger partial charge in [0.05, 0.1) is 6.61 Å². The molecule has 1 fully saturated rings. The third-order valence-corrected chi connectivity index (χ3v) is 8.44. The first kappa shape index (κ1) is 29.7. The Kier molecular flexibility index (Phi) is 14.2. The normalized spacial score (nSPS) is 17.7. The summed E-state index contributed by atoms with van der Waals surface area (Å²) in [4.78, 5) is 0. The van der Waals surface area contributed by atoms with E-state index in [9.17, 15) is 4.39 Å². The maximum Gasteiger partial charge on any atom is 0.134 e. The van der Waals surface area contributed by atoms with Gasteiger partial charge in [-0.1, -0.05) is 128 Å². The standard InChI is InChI=1S/C35H53FO/c1-3-5-7-9-10-12-14-15-29-17-19-31(20-18-29)28-37-33-25-26-34(35(36)27-33)32-23-21-30(22-24-32)16-13-11-8-6-4-2/h21-27,29,31H,3-20,28H2,1-2H3/t29-,31-. The van der Waals surface area contributed by atoms with Gasteiger partial charge in [-0.3, -0.25) is 0 Å². The van der Waals surface area contributed by atoms with Gasteiger partial charge in [-0.05, 0) is 60.8 Å². The third kappa shape index (κ3) is 11.2. The van der Waals surface area contributed by atoms with Crippen molar-refractivity contribution in [2.24, 2.45) is 11.8 Å². The van der Waals surface area contributed by atoms with Crippen molar-refractivity contribution in [3.8, 4) is 16.9 Å². The van der Waals surface area contributed by atoms with E-state index in [0.717, 1.165) is 24.5 Å². The van der Waals surface area contributed by atoms with Crippen molar-refractivity contribution in [3.63, 3.8) is 0 Å². The highest BCUT2D eigenvalue weighted by atomic mass is 19.1. The van der Waals surface area contributed by atoms with E-state index in [4.69, 9.17) is 4.74 Å². The fourth-order valence-electron chi connectivity index (χ4n) is 5.89. The summed E-state index contributed by atoms with van der Waals surface area (Å²) in [5.74, 6) is 2.00. The fraction of sp³-hybridized carbons (Fsp3) is 0.657. The Bertz CT molecular complexity index is 850. The van der Waals surface area contributed by atoms with Crippen LogP contribution in [0.15, 0.2) is 42.5 Å². The van der Waals surface area contributed by atoms with E-state index in [0.29, 0.717) is 17.2 Å². The van der Waals surface area contributed by atoms with E-state index in [1.165, 1.54) is 115 Å². The predicted molar refractivity (Wildman–Crippen MR) is 158 cm³/mol. The minimum absolute atomic E-state index is 0.191. The molecule has 3 rings (SSSR count). The maximum atomic E-state index is 14.9. The molecule has 0 atom stereocenters. The smallest absolute Gasteiger partial charge is 0.134 e. The molecular weight excluding hydrogens is 455 g/mol. The summed E-state index contributed by atoms with van der Waals surface area (Å²) in [6, 6.07) is 13.8. The second-order valence-corrected chi connectivity index (χ2v) is 11.6. The number of rotatable bonds is 18. The van der Waals surface area contributed by atoms with E-state index in [2.05, 4.69) is 38.1 Å². The van der Waals surface area contributed by atoms with Crippen LogP contribution in [0, 0.1) is 17.7 Å². The second-order valence-electron chi connectivity index (χ2n) is 11.6. The number of aryl methyl sites for hydroxylation is 1. The van der Waals surface area contributed by atoms with Crippen LogP contribution in [0.3, 0.4) is 0 Å². The number of unbranched alkanes of at least 4 members (excludes halogenated alkanes) is 10. The minimum Gasteiger partial charge on any atom is -0.493 e. The Morgan fingerprint density at radius 2 is 1.27 bits per heavy atom. The third-order valence-electron chi connectivity index (χ3n) is 8.44. The summed E-state index contributed by atoms with van der Waals surface area (Å²) in [6.07, 6.45) is 24.0. The van der Waals surface area contributed by atoms with Crippen molar-refractivity contribution >= 4 is 0 Å². The van der Waals surface area contributed by atoms with Gasteiger partial charge in [-0.2, -0.15) is 0 Å². The van der Waals surface area contributed by atoms with Gasteiger partial charge >= 0.3 is 0 Å². The van der Waals surface area contributed by atoms with Crippen LogP contribution in [0.1, 0.15) is 129 Å². The van der Waals surface area contributed by atoms with Crippen molar-refractivity contribution in [1.29, 1.82) is 0 Å². The molecule has 0 spiro atoms. The summed E-state index contributed by atoms with van der Waals surface area (Å²) >= 11 is 0. The minimum atomic E-state index is -0.191. The molecular formula is C35H53FO. The van der Waals surface area contributed by atoms with Crippen LogP contribution in [-0.4, -0.2) is 6.61 Å². The van der Waals surface area contributed by atoms with E-state index in [1.807, 2.05) is 12.1 Å². The highest BCUT2D eigenvalue weighted by molar-refractivity contribution is 5.65. The first-order chi connectivity index (χ1) is 18.2. The number of halogens is 1. The second kappa shape index (κ2) is 17.6. The lowest BCUT2D eigenvalue weighted by atomic mass is 9.80. The average Bonchev–Trinajstić information content (AvgIpc) is 2.92.